The number of nitrogens with one attached hydrogen (secondary N) is 2. The smallest absolute Gasteiger partial charge is 0.322 e. The molecule has 3 aromatic rings. The van der Waals surface area contributed by atoms with Crippen molar-refractivity contribution < 1.29 is 19.0 Å². The quantitative estimate of drug-likeness (QED) is 0.430. The number of aromatic nitrogens is 2. The number of halogens is 1. The van der Waals surface area contributed by atoms with Crippen LogP contribution in [0.4, 0.5) is 4.39 Å². The maximum Gasteiger partial charge on any atom is 0.322 e. The number of aliphatic imine (C=N–C) groups is 1. The van der Waals surface area contributed by atoms with Crippen molar-refractivity contribution in [2.75, 3.05) is 13.1 Å². The normalized spacial score (nSPS) is 14.9. The van der Waals surface area contributed by atoms with E-state index in [0.717, 1.165) is 24.6 Å². The molecule has 0 spiro atoms. The Kier molecular flexibility index (Phi) is 7.47. The largest absolute Gasteiger partial charge is 0.481 e. The van der Waals surface area contributed by atoms with E-state index in [4.69, 9.17) is 4.74 Å². The van der Waals surface area contributed by atoms with Crippen LogP contribution in [0, 0.1) is 17.2 Å². The van der Waals surface area contributed by atoms with Crippen LogP contribution in [-0.4, -0.2) is 40.1 Å². The van der Waals surface area contributed by atoms with Gasteiger partial charge in [0.2, 0.25) is 0 Å². The molecule has 1 aliphatic heterocycles. The first-order valence-electron chi connectivity index (χ1n) is 11.8. The molecule has 9 heteroatoms. The number of hydrogen-bond donors (Lipinski definition) is 3. The molecule has 188 valence electrons. The fourth-order valence-corrected chi connectivity index (χ4v) is 4.28. The minimum absolute atomic E-state index is 0.105. The van der Waals surface area contributed by atoms with Crippen LogP contribution in [0.5, 0.6) is 11.8 Å². The minimum Gasteiger partial charge on any atom is -0.481 e. The average Bonchev–Trinajstić information content (AvgIpc) is 3.36. The molecule has 2 aromatic carbocycles. The van der Waals surface area contributed by atoms with Gasteiger partial charge in [-0.05, 0) is 46.9 Å². The Bertz CT molecular complexity index is 1220. The zero-order chi connectivity index (χ0) is 25.7. The van der Waals surface area contributed by atoms with Crippen molar-refractivity contribution in [2.24, 2.45) is 16.3 Å². The molecule has 4 rings (SSSR count). The van der Waals surface area contributed by atoms with Gasteiger partial charge in [0.1, 0.15) is 11.6 Å². The Morgan fingerprint density at radius 1 is 1.14 bits per heavy atom. The maximum absolute atomic E-state index is 13.6. The molecule has 8 nitrogen and oxygen atoms in total. The van der Waals surface area contributed by atoms with E-state index in [1.54, 1.807) is 24.4 Å². The summed E-state index contributed by atoms with van der Waals surface area (Å²) in [6.07, 6.45) is 1.55. The summed E-state index contributed by atoms with van der Waals surface area (Å²) in [6.45, 7) is 7.85. The lowest BCUT2D eigenvalue weighted by atomic mass is 9.69. The van der Waals surface area contributed by atoms with Gasteiger partial charge in [-0.2, -0.15) is 4.98 Å². The third-order valence-corrected chi connectivity index (χ3v) is 6.00. The highest BCUT2D eigenvalue weighted by Crippen LogP contribution is 2.42. The van der Waals surface area contributed by atoms with Crippen molar-refractivity contribution in [2.45, 2.75) is 33.2 Å². The van der Waals surface area contributed by atoms with E-state index in [1.165, 1.54) is 12.1 Å². The molecular weight excluding hydrogens is 461 g/mol. The lowest BCUT2D eigenvalue weighted by Gasteiger charge is -2.34. The Labute approximate surface area is 209 Å². The second kappa shape index (κ2) is 10.7. The first-order valence-corrected chi connectivity index (χ1v) is 11.8. The Morgan fingerprint density at radius 3 is 2.47 bits per heavy atom. The lowest BCUT2D eigenvalue weighted by Crippen LogP contribution is -2.35. The van der Waals surface area contributed by atoms with Gasteiger partial charge in [0, 0.05) is 25.2 Å². The minimum atomic E-state index is -0.958. The summed E-state index contributed by atoms with van der Waals surface area (Å²) in [4.78, 5) is 25.5. The molecule has 2 unspecified atom stereocenters. The fourth-order valence-electron chi connectivity index (χ4n) is 4.28. The molecule has 2 heterocycles. The van der Waals surface area contributed by atoms with E-state index in [2.05, 4.69) is 25.6 Å². The number of guanidine groups is 1. The van der Waals surface area contributed by atoms with Crippen molar-refractivity contribution in [3.63, 3.8) is 0 Å². The number of carboxylic acid groups (broad SMARTS) is 1. The molecule has 36 heavy (non-hydrogen) atoms. The molecule has 0 aliphatic carbocycles. The molecule has 0 fully saturated rings. The number of rotatable bonds is 8. The first kappa shape index (κ1) is 25.1. The van der Waals surface area contributed by atoms with E-state index in [1.807, 2.05) is 45.0 Å². The summed E-state index contributed by atoms with van der Waals surface area (Å²) in [7, 11) is 0. The summed E-state index contributed by atoms with van der Waals surface area (Å²) in [5.41, 5.74) is 1.60. The zero-order valence-electron chi connectivity index (χ0n) is 20.5. The monoisotopic (exact) mass is 491 g/mol. The van der Waals surface area contributed by atoms with Crippen molar-refractivity contribution in [3.8, 4) is 11.8 Å². The number of carbonyl (C=O) groups is 1. The zero-order valence-corrected chi connectivity index (χ0v) is 20.5. The van der Waals surface area contributed by atoms with Crippen molar-refractivity contribution in [1.82, 2.24) is 20.6 Å². The van der Waals surface area contributed by atoms with Crippen molar-refractivity contribution in [1.29, 1.82) is 0 Å². The number of hydrogen-bond acceptors (Lipinski definition) is 7. The van der Waals surface area contributed by atoms with Crippen LogP contribution >= 0.6 is 0 Å². The van der Waals surface area contributed by atoms with Crippen molar-refractivity contribution >= 4 is 11.9 Å². The van der Waals surface area contributed by atoms with Crippen LogP contribution in [0.1, 0.15) is 43.5 Å². The molecule has 3 N–H and O–H groups in total. The van der Waals surface area contributed by atoms with E-state index in [-0.39, 0.29) is 6.01 Å². The Morgan fingerprint density at radius 2 is 1.86 bits per heavy atom. The summed E-state index contributed by atoms with van der Waals surface area (Å²) < 4.78 is 19.5. The standard InChI is InChI=1S/C27H30FN5O3/c1-27(2,3)23(24(34)35)22(18-6-8-19(28)9-7-18)21-12-13-31-26(33-21)36-20-10-4-17(5-11-20)16-32-25-29-14-15-30-25/h4-13,22-23H,14-16H2,1-3H3,(H,34,35)(H2,29,30,32). The number of nitrogens with zero attached hydrogens (tertiary/aromatic N) is 3. The topological polar surface area (TPSA) is 109 Å². The number of carboxylic acids is 1. The summed E-state index contributed by atoms with van der Waals surface area (Å²) in [5, 5.41) is 16.5. The fraction of sp³-hybridized carbons (Fsp3) is 0.333. The predicted octanol–water partition coefficient (Wildman–Crippen LogP) is 4.34. The van der Waals surface area contributed by atoms with E-state index in [9.17, 15) is 14.3 Å². The Balaban J connectivity index is 1.57. The molecule has 2 atom stereocenters. The molecule has 0 saturated heterocycles. The molecule has 0 radical (unpaired) electrons. The highest BCUT2D eigenvalue weighted by molar-refractivity contribution is 5.81. The van der Waals surface area contributed by atoms with Crippen LogP contribution < -0.4 is 15.4 Å². The molecule has 0 saturated carbocycles. The summed E-state index contributed by atoms with van der Waals surface area (Å²) in [6, 6.07) is 15.2. The van der Waals surface area contributed by atoms with Gasteiger partial charge in [-0.25, -0.2) is 9.37 Å². The molecule has 1 aliphatic rings. The van der Waals surface area contributed by atoms with Gasteiger partial charge in [-0.15, -0.1) is 0 Å². The highest BCUT2D eigenvalue weighted by Gasteiger charge is 2.40. The molecule has 1 aromatic heterocycles. The molecular formula is C27H30FN5O3. The van der Waals surface area contributed by atoms with Gasteiger partial charge in [0.25, 0.3) is 0 Å². The molecule has 0 amide bonds. The van der Waals surface area contributed by atoms with Gasteiger partial charge in [-0.1, -0.05) is 45.0 Å². The second-order valence-electron chi connectivity index (χ2n) is 9.73. The second-order valence-corrected chi connectivity index (χ2v) is 9.73. The lowest BCUT2D eigenvalue weighted by molar-refractivity contribution is -0.146. The maximum atomic E-state index is 13.6. The average molecular weight is 492 g/mol. The third kappa shape index (κ3) is 6.16. The van der Waals surface area contributed by atoms with Crippen LogP contribution in [0.2, 0.25) is 0 Å². The SMILES string of the molecule is CC(C)(C)C(C(=O)O)C(c1ccc(F)cc1)c1ccnc(Oc2ccc(CNC3=NCCN3)cc2)n1. The summed E-state index contributed by atoms with van der Waals surface area (Å²) in [5.74, 6) is -1.45. The van der Waals surface area contributed by atoms with Crippen LogP contribution in [-0.2, 0) is 11.3 Å². The first-order chi connectivity index (χ1) is 17.2. The van der Waals surface area contributed by atoms with Crippen LogP contribution in [0.15, 0.2) is 65.8 Å². The summed E-state index contributed by atoms with van der Waals surface area (Å²) >= 11 is 0. The van der Waals surface area contributed by atoms with Crippen molar-refractivity contribution in [3.05, 3.63) is 83.4 Å². The van der Waals surface area contributed by atoms with Gasteiger partial charge < -0.3 is 20.5 Å². The van der Waals surface area contributed by atoms with Gasteiger partial charge in [0.15, 0.2) is 5.96 Å². The Hall–Kier alpha value is -4.01. The number of benzene rings is 2. The highest BCUT2D eigenvalue weighted by atomic mass is 19.1. The number of ether oxygens (including phenoxy) is 1. The van der Waals surface area contributed by atoms with Crippen LogP contribution in [0.3, 0.4) is 0 Å². The van der Waals surface area contributed by atoms with E-state index in [0.29, 0.717) is 23.6 Å². The van der Waals surface area contributed by atoms with Gasteiger partial charge in [0.05, 0.1) is 18.2 Å². The predicted molar refractivity (Wildman–Crippen MR) is 135 cm³/mol. The molecule has 0 bridgehead atoms. The van der Waals surface area contributed by atoms with E-state index >= 15 is 0 Å². The van der Waals surface area contributed by atoms with Gasteiger partial charge in [-0.3, -0.25) is 9.79 Å². The number of aliphatic carboxylic acids is 1. The third-order valence-electron chi connectivity index (χ3n) is 6.00. The van der Waals surface area contributed by atoms with Crippen LogP contribution in [0.25, 0.3) is 0 Å². The van der Waals surface area contributed by atoms with E-state index < -0.39 is 29.0 Å². The van der Waals surface area contributed by atoms with Gasteiger partial charge >= 0.3 is 12.0 Å².